The Kier molecular flexibility index (Phi) is 5.83. The van der Waals surface area contributed by atoms with Gasteiger partial charge < -0.3 is 19.0 Å². The van der Waals surface area contributed by atoms with Crippen molar-refractivity contribution in [3.05, 3.63) is 59.0 Å². The molecule has 1 aromatic carbocycles. The quantitative estimate of drug-likeness (QED) is 0.552. The molecule has 6 nitrogen and oxygen atoms in total. The van der Waals surface area contributed by atoms with Crippen LogP contribution in [0, 0.1) is 0 Å². The number of fused-ring (bicyclic) bond motifs is 1. The number of rotatable bonds is 6. The third-order valence-corrected chi connectivity index (χ3v) is 6.28. The number of nitrogens with zero attached hydrogens (tertiary/aromatic N) is 3. The molecule has 2 aromatic heterocycles. The lowest BCUT2D eigenvalue weighted by Crippen LogP contribution is -2.38. The Bertz CT molecular complexity index is 1060. The van der Waals surface area contributed by atoms with E-state index in [0.717, 1.165) is 66.8 Å². The van der Waals surface area contributed by atoms with E-state index in [1.54, 1.807) is 6.26 Å². The minimum atomic E-state index is -0.377. The van der Waals surface area contributed by atoms with Gasteiger partial charge in [-0.1, -0.05) is 17.7 Å². The number of pyridine rings is 1. The van der Waals surface area contributed by atoms with Crippen molar-refractivity contribution in [1.82, 2.24) is 9.88 Å². The van der Waals surface area contributed by atoms with Gasteiger partial charge in [0.05, 0.1) is 18.3 Å². The molecule has 1 unspecified atom stereocenters. The number of halogens is 1. The first-order chi connectivity index (χ1) is 15.2. The Morgan fingerprint density at radius 1 is 1.16 bits per heavy atom. The van der Waals surface area contributed by atoms with Crippen LogP contribution in [0.4, 0.5) is 5.82 Å². The summed E-state index contributed by atoms with van der Waals surface area (Å²) in [7, 11) is 0. The molecule has 4 heterocycles. The summed E-state index contributed by atoms with van der Waals surface area (Å²) in [6, 6.07) is 11.7. The molecule has 31 heavy (non-hydrogen) atoms. The molecular formula is C24H26ClN3O3. The zero-order valence-corrected chi connectivity index (χ0v) is 18.2. The summed E-state index contributed by atoms with van der Waals surface area (Å²) in [5, 5.41) is 1.69. The van der Waals surface area contributed by atoms with Crippen LogP contribution in [0.25, 0.3) is 10.9 Å². The fourth-order valence-electron chi connectivity index (χ4n) is 4.48. The zero-order chi connectivity index (χ0) is 21.2. The maximum absolute atomic E-state index is 13.3. The number of hydrogen-bond acceptors (Lipinski definition) is 5. The summed E-state index contributed by atoms with van der Waals surface area (Å²) in [6.07, 6.45) is 5.25. The summed E-state index contributed by atoms with van der Waals surface area (Å²) in [5.41, 5.74) is 1.91. The van der Waals surface area contributed by atoms with Crippen molar-refractivity contribution in [1.29, 1.82) is 0 Å². The number of aromatic nitrogens is 1. The molecule has 2 fully saturated rings. The Hall–Kier alpha value is -2.57. The standard InChI is InChI=1S/C24H26ClN3O3/c25-19-8-7-17-13-18(23(26-21(17)14-19)27-9-1-2-10-27)15-28(16-20-5-3-11-30-20)24(29)22-6-4-12-31-22/h3,5,7-8,11,13-14,22H,1-2,4,6,9-10,12,15-16H2. The number of hydrogen-bond donors (Lipinski definition) is 0. The van der Waals surface area contributed by atoms with Crippen LogP contribution in [0.3, 0.4) is 0 Å². The number of carbonyl (C=O) groups is 1. The molecule has 2 aliphatic rings. The molecule has 2 aliphatic heterocycles. The third-order valence-electron chi connectivity index (χ3n) is 6.05. The lowest BCUT2D eigenvalue weighted by Gasteiger charge is -2.27. The summed E-state index contributed by atoms with van der Waals surface area (Å²) in [5.74, 6) is 1.71. The van der Waals surface area contributed by atoms with E-state index in [9.17, 15) is 4.79 Å². The molecule has 0 radical (unpaired) electrons. The Labute approximate surface area is 186 Å². The number of ether oxygens (including phenoxy) is 1. The average molecular weight is 440 g/mol. The van der Waals surface area contributed by atoms with Crippen LogP contribution >= 0.6 is 11.6 Å². The van der Waals surface area contributed by atoms with Gasteiger partial charge in [0, 0.05) is 42.2 Å². The predicted molar refractivity (Wildman–Crippen MR) is 120 cm³/mol. The third kappa shape index (κ3) is 4.41. The molecule has 1 atom stereocenters. The van der Waals surface area contributed by atoms with Crippen molar-refractivity contribution in [3.8, 4) is 0 Å². The second-order valence-corrected chi connectivity index (χ2v) is 8.71. The molecule has 2 saturated heterocycles. The lowest BCUT2D eigenvalue weighted by molar-refractivity contribution is -0.142. The maximum Gasteiger partial charge on any atom is 0.252 e. The van der Waals surface area contributed by atoms with Crippen molar-refractivity contribution >= 4 is 34.2 Å². The van der Waals surface area contributed by atoms with Gasteiger partial charge in [-0.15, -0.1) is 0 Å². The summed E-state index contributed by atoms with van der Waals surface area (Å²) in [4.78, 5) is 22.5. The van der Waals surface area contributed by atoms with Crippen LogP contribution in [-0.4, -0.2) is 41.6 Å². The van der Waals surface area contributed by atoms with Gasteiger partial charge >= 0.3 is 0 Å². The summed E-state index contributed by atoms with van der Waals surface area (Å²) >= 11 is 6.22. The molecule has 0 spiro atoms. The molecule has 3 aromatic rings. The van der Waals surface area contributed by atoms with Crippen LogP contribution in [0.2, 0.25) is 5.02 Å². The van der Waals surface area contributed by atoms with Gasteiger partial charge in [-0.3, -0.25) is 4.79 Å². The van der Waals surface area contributed by atoms with Crippen molar-refractivity contribution in [3.63, 3.8) is 0 Å². The van der Waals surface area contributed by atoms with E-state index >= 15 is 0 Å². The molecular weight excluding hydrogens is 414 g/mol. The van der Waals surface area contributed by atoms with Crippen LogP contribution in [0.5, 0.6) is 0 Å². The fourth-order valence-corrected chi connectivity index (χ4v) is 4.64. The maximum atomic E-state index is 13.3. The smallest absolute Gasteiger partial charge is 0.252 e. The monoisotopic (exact) mass is 439 g/mol. The topological polar surface area (TPSA) is 58.8 Å². The molecule has 0 bridgehead atoms. The van der Waals surface area contributed by atoms with Gasteiger partial charge in [0.2, 0.25) is 0 Å². The second-order valence-electron chi connectivity index (χ2n) is 8.28. The Balaban J connectivity index is 1.52. The summed E-state index contributed by atoms with van der Waals surface area (Å²) in [6.45, 7) is 3.46. The number of benzene rings is 1. The van der Waals surface area contributed by atoms with E-state index in [1.165, 1.54) is 0 Å². The van der Waals surface area contributed by atoms with E-state index in [0.29, 0.717) is 24.7 Å². The van der Waals surface area contributed by atoms with E-state index in [4.69, 9.17) is 25.7 Å². The van der Waals surface area contributed by atoms with Crippen LogP contribution in [-0.2, 0) is 22.6 Å². The fraction of sp³-hybridized carbons (Fsp3) is 0.417. The van der Waals surface area contributed by atoms with E-state index in [2.05, 4.69) is 11.0 Å². The van der Waals surface area contributed by atoms with Crippen LogP contribution in [0.1, 0.15) is 37.0 Å². The average Bonchev–Trinajstić information content (AvgIpc) is 3.56. The van der Waals surface area contributed by atoms with Gasteiger partial charge in [0.1, 0.15) is 17.7 Å². The summed E-state index contributed by atoms with van der Waals surface area (Å²) < 4.78 is 11.3. The normalized spacial score (nSPS) is 18.7. The van der Waals surface area contributed by atoms with E-state index in [1.807, 2.05) is 35.2 Å². The van der Waals surface area contributed by atoms with E-state index in [-0.39, 0.29) is 12.0 Å². The van der Waals surface area contributed by atoms with Gasteiger partial charge in [0.25, 0.3) is 5.91 Å². The number of carbonyl (C=O) groups excluding carboxylic acids is 1. The van der Waals surface area contributed by atoms with Crippen molar-refractivity contribution < 1.29 is 13.9 Å². The molecule has 5 rings (SSSR count). The highest BCUT2D eigenvalue weighted by Gasteiger charge is 2.30. The highest BCUT2D eigenvalue weighted by molar-refractivity contribution is 6.31. The molecule has 0 saturated carbocycles. The number of furan rings is 1. The first-order valence-corrected chi connectivity index (χ1v) is 11.3. The number of amides is 1. The van der Waals surface area contributed by atoms with Gasteiger partial charge in [-0.05, 0) is 56.0 Å². The van der Waals surface area contributed by atoms with Gasteiger partial charge in [0.15, 0.2) is 0 Å². The largest absolute Gasteiger partial charge is 0.467 e. The molecule has 0 N–H and O–H groups in total. The highest BCUT2D eigenvalue weighted by Crippen LogP contribution is 2.30. The SMILES string of the molecule is O=C(C1CCCO1)N(Cc1ccco1)Cc1cc2ccc(Cl)cc2nc1N1CCCC1. The van der Waals surface area contributed by atoms with Crippen LogP contribution in [0.15, 0.2) is 47.1 Å². The minimum absolute atomic E-state index is 0.0116. The van der Waals surface area contributed by atoms with Crippen molar-refractivity contribution in [2.75, 3.05) is 24.6 Å². The van der Waals surface area contributed by atoms with Crippen LogP contribution < -0.4 is 4.90 Å². The lowest BCUT2D eigenvalue weighted by atomic mass is 10.1. The Morgan fingerprint density at radius 2 is 2.03 bits per heavy atom. The first-order valence-electron chi connectivity index (χ1n) is 10.9. The van der Waals surface area contributed by atoms with Gasteiger partial charge in [-0.25, -0.2) is 4.98 Å². The zero-order valence-electron chi connectivity index (χ0n) is 17.4. The highest BCUT2D eigenvalue weighted by atomic mass is 35.5. The van der Waals surface area contributed by atoms with Crippen molar-refractivity contribution in [2.45, 2.75) is 44.9 Å². The minimum Gasteiger partial charge on any atom is -0.467 e. The first kappa shape index (κ1) is 20.3. The molecule has 162 valence electrons. The van der Waals surface area contributed by atoms with Crippen molar-refractivity contribution in [2.24, 2.45) is 0 Å². The Morgan fingerprint density at radius 3 is 2.77 bits per heavy atom. The molecule has 7 heteroatoms. The second kappa shape index (κ2) is 8.89. The predicted octanol–water partition coefficient (Wildman–Crippen LogP) is 4.79. The molecule has 1 amide bonds. The van der Waals surface area contributed by atoms with E-state index < -0.39 is 0 Å². The number of anilines is 1. The molecule has 0 aliphatic carbocycles. The van der Waals surface area contributed by atoms with Gasteiger partial charge in [-0.2, -0.15) is 0 Å².